The van der Waals surface area contributed by atoms with Crippen molar-refractivity contribution in [2.24, 2.45) is 0 Å². The number of methoxy groups -OCH3 is 1. The third-order valence-corrected chi connectivity index (χ3v) is 2.90. The Balaban J connectivity index is 3.57. The molecule has 6 nitrogen and oxygen atoms in total. The van der Waals surface area contributed by atoms with Crippen molar-refractivity contribution in [1.29, 1.82) is 0 Å². The van der Waals surface area contributed by atoms with Crippen LogP contribution in [0, 0.1) is 0 Å². The molecule has 102 valence electrons. The van der Waals surface area contributed by atoms with E-state index in [-0.39, 0.29) is 0 Å². The van der Waals surface area contributed by atoms with Crippen molar-refractivity contribution < 1.29 is 36.2 Å². The molecular weight excluding hydrogens is 303 g/mol. The van der Waals surface area contributed by atoms with Crippen LogP contribution in [0.2, 0.25) is 0 Å². The molecule has 0 spiro atoms. The summed E-state index contributed by atoms with van der Waals surface area (Å²) in [5.74, 6) is -3.28. The highest BCUT2D eigenvalue weighted by molar-refractivity contribution is 8.13. The van der Waals surface area contributed by atoms with Crippen molar-refractivity contribution in [3.63, 3.8) is 0 Å². The molecular formula is C7H5ClF3NO5S. The van der Waals surface area contributed by atoms with Gasteiger partial charge in [0.25, 0.3) is 9.05 Å². The fourth-order valence-corrected chi connectivity index (χ4v) is 2.15. The Kier molecular flexibility index (Phi) is 3.81. The lowest BCUT2D eigenvalue weighted by Gasteiger charge is -2.14. The Hall–Kier alpha value is -1.42. The third-order valence-electron chi connectivity index (χ3n) is 1.59. The molecule has 1 rings (SSSR count). The molecule has 0 unspecified atom stereocenters. The van der Waals surface area contributed by atoms with E-state index in [1.165, 1.54) is 0 Å². The Labute approximate surface area is 103 Å². The van der Waals surface area contributed by atoms with E-state index in [0.29, 0.717) is 6.20 Å². The molecule has 0 aliphatic rings. The smallest absolute Gasteiger partial charge is 0.503 e. The fraction of sp³-hybridized carbons (Fsp3) is 0.286. The summed E-state index contributed by atoms with van der Waals surface area (Å²) in [6.45, 7) is 0. The monoisotopic (exact) mass is 307 g/mol. The van der Waals surface area contributed by atoms with Gasteiger partial charge in [-0.25, -0.2) is 13.4 Å². The van der Waals surface area contributed by atoms with Crippen molar-refractivity contribution in [3.8, 4) is 17.4 Å². The van der Waals surface area contributed by atoms with Crippen LogP contribution in [0.15, 0.2) is 11.1 Å². The maximum Gasteiger partial charge on any atom is 0.573 e. The van der Waals surface area contributed by atoms with Crippen LogP contribution in [0.25, 0.3) is 0 Å². The van der Waals surface area contributed by atoms with Crippen LogP contribution in [0.5, 0.6) is 17.4 Å². The fourth-order valence-electron chi connectivity index (χ4n) is 1.03. The van der Waals surface area contributed by atoms with E-state index in [1.54, 1.807) is 0 Å². The molecule has 1 aromatic rings. The summed E-state index contributed by atoms with van der Waals surface area (Å²) in [6.07, 6.45) is -4.69. The first kappa shape index (κ1) is 14.6. The van der Waals surface area contributed by atoms with Gasteiger partial charge in [0.2, 0.25) is 5.88 Å². The molecule has 0 saturated heterocycles. The van der Waals surface area contributed by atoms with Crippen LogP contribution in [-0.2, 0) is 9.05 Å². The number of hydrogen-bond donors (Lipinski definition) is 1. The average Bonchev–Trinajstić information content (AvgIpc) is 2.17. The average molecular weight is 308 g/mol. The van der Waals surface area contributed by atoms with Gasteiger partial charge in [-0.05, 0) is 0 Å². The summed E-state index contributed by atoms with van der Waals surface area (Å²) in [5.41, 5.74) is 0. The van der Waals surface area contributed by atoms with Gasteiger partial charge in [-0.15, -0.1) is 13.2 Å². The summed E-state index contributed by atoms with van der Waals surface area (Å²) in [4.78, 5) is 2.07. The van der Waals surface area contributed by atoms with E-state index in [1.807, 2.05) is 0 Å². The van der Waals surface area contributed by atoms with E-state index < -0.39 is 37.7 Å². The number of hydrogen-bond acceptors (Lipinski definition) is 6. The highest BCUT2D eigenvalue weighted by Crippen LogP contribution is 2.42. The maximum absolute atomic E-state index is 12.1. The van der Waals surface area contributed by atoms with E-state index in [9.17, 15) is 26.7 Å². The Morgan fingerprint density at radius 1 is 1.44 bits per heavy atom. The van der Waals surface area contributed by atoms with E-state index in [2.05, 4.69) is 14.5 Å². The number of rotatable bonds is 3. The molecule has 0 bridgehead atoms. The van der Waals surface area contributed by atoms with Crippen molar-refractivity contribution >= 4 is 19.7 Å². The largest absolute Gasteiger partial charge is 0.573 e. The van der Waals surface area contributed by atoms with Crippen LogP contribution >= 0.6 is 10.7 Å². The molecule has 0 fully saturated rings. The first-order chi connectivity index (χ1) is 8.06. The lowest BCUT2D eigenvalue weighted by molar-refractivity contribution is -0.276. The molecule has 0 radical (unpaired) electrons. The van der Waals surface area contributed by atoms with Gasteiger partial charge in [0.05, 0.1) is 13.3 Å². The first-order valence-corrected chi connectivity index (χ1v) is 6.33. The van der Waals surface area contributed by atoms with E-state index in [4.69, 9.17) is 10.7 Å². The molecule has 18 heavy (non-hydrogen) atoms. The number of nitrogens with zero attached hydrogens (tertiary/aromatic N) is 1. The minimum atomic E-state index is -5.22. The molecule has 0 atom stereocenters. The summed E-state index contributed by atoms with van der Waals surface area (Å²) in [6, 6.07) is 0. The SMILES string of the molecule is COc1ncc(O)c(OC(F)(F)F)c1S(=O)(=O)Cl. The van der Waals surface area contributed by atoms with E-state index in [0.717, 1.165) is 7.11 Å². The first-order valence-electron chi connectivity index (χ1n) is 4.02. The second kappa shape index (κ2) is 4.69. The zero-order valence-electron chi connectivity index (χ0n) is 8.52. The van der Waals surface area contributed by atoms with Crippen molar-refractivity contribution in [3.05, 3.63) is 6.20 Å². The molecule has 0 amide bonds. The predicted molar refractivity (Wildman–Crippen MR) is 52.2 cm³/mol. The van der Waals surface area contributed by atoms with Crippen LogP contribution in [0.4, 0.5) is 13.2 Å². The third kappa shape index (κ3) is 3.29. The van der Waals surface area contributed by atoms with Crippen LogP contribution in [0.3, 0.4) is 0 Å². The van der Waals surface area contributed by atoms with Gasteiger partial charge in [-0.1, -0.05) is 0 Å². The number of halogens is 4. The second-order valence-corrected chi connectivity index (χ2v) is 5.30. The van der Waals surface area contributed by atoms with Crippen molar-refractivity contribution in [1.82, 2.24) is 4.98 Å². The number of aromatic nitrogens is 1. The normalized spacial score (nSPS) is 12.3. The van der Waals surface area contributed by atoms with Gasteiger partial charge >= 0.3 is 6.36 Å². The maximum atomic E-state index is 12.1. The molecule has 1 aromatic heterocycles. The number of pyridine rings is 1. The molecule has 0 aliphatic carbocycles. The topological polar surface area (TPSA) is 85.7 Å². The Morgan fingerprint density at radius 2 is 2.00 bits per heavy atom. The second-order valence-electron chi connectivity index (χ2n) is 2.80. The predicted octanol–water partition coefficient (Wildman–Crippen LogP) is 1.62. The number of aromatic hydroxyl groups is 1. The standard InChI is InChI=1S/C7H5ClF3NO5S/c1-16-6-5(18(8,14)15)4(3(13)2-12-6)17-7(9,10)11/h2,13H,1H3. The summed E-state index contributed by atoms with van der Waals surface area (Å²) in [5, 5.41) is 9.17. The van der Waals surface area contributed by atoms with Crippen molar-refractivity contribution in [2.45, 2.75) is 11.3 Å². The Bertz CT molecular complexity index is 559. The van der Waals surface area contributed by atoms with Gasteiger partial charge in [0.1, 0.15) is 0 Å². The van der Waals surface area contributed by atoms with E-state index >= 15 is 0 Å². The van der Waals surface area contributed by atoms with Gasteiger partial charge in [-0.2, -0.15) is 0 Å². The highest BCUT2D eigenvalue weighted by Gasteiger charge is 2.37. The van der Waals surface area contributed by atoms with Gasteiger partial charge in [-0.3, -0.25) is 0 Å². The van der Waals surface area contributed by atoms with Crippen LogP contribution < -0.4 is 9.47 Å². The van der Waals surface area contributed by atoms with Gasteiger partial charge < -0.3 is 14.6 Å². The Morgan fingerprint density at radius 3 is 2.39 bits per heavy atom. The minimum absolute atomic E-state index is 0.533. The summed E-state index contributed by atoms with van der Waals surface area (Å²) in [7, 11) is 1.23. The van der Waals surface area contributed by atoms with Crippen LogP contribution in [0.1, 0.15) is 0 Å². The lowest BCUT2D eigenvalue weighted by Crippen LogP contribution is -2.19. The molecule has 0 saturated carbocycles. The molecule has 0 aromatic carbocycles. The number of ether oxygens (including phenoxy) is 2. The summed E-state index contributed by atoms with van der Waals surface area (Å²) < 4.78 is 66.4. The van der Waals surface area contributed by atoms with Gasteiger partial charge in [0, 0.05) is 10.7 Å². The number of alkyl halides is 3. The minimum Gasteiger partial charge on any atom is -0.503 e. The molecule has 11 heteroatoms. The quantitative estimate of drug-likeness (QED) is 0.854. The zero-order valence-corrected chi connectivity index (χ0v) is 10.1. The zero-order chi connectivity index (χ0) is 14.1. The summed E-state index contributed by atoms with van der Waals surface area (Å²) >= 11 is 0. The molecule has 0 aliphatic heterocycles. The van der Waals surface area contributed by atoms with Crippen LogP contribution in [-0.4, -0.2) is 32.0 Å². The highest BCUT2D eigenvalue weighted by atomic mass is 35.7. The molecule has 1 heterocycles. The van der Waals surface area contributed by atoms with Crippen molar-refractivity contribution in [2.75, 3.05) is 7.11 Å². The lowest BCUT2D eigenvalue weighted by atomic mass is 10.4. The molecule has 1 N–H and O–H groups in total. The van der Waals surface area contributed by atoms with Gasteiger partial charge in [0.15, 0.2) is 16.4 Å².